The molecule has 0 radical (unpaired) electrons. The lowest BCUT2D eigenvalue weighted by Gasteiger charge is -2.43. The van der Waals surface area contributed by atoms with Gasteiger partial charge in [-0.15, -0.1) is 6.58 Å². The van der Waals surface area contributed by atoms with Gasteiger partial charge < -0.3 is 9.47 Å². The van der Waals surface area contributed by atoms with Crippen LogP contribution in [0.15, 0.2) is 12.7 Å². The molecule has 2 saturated heterocycles. The van der Waals surface area contributed by atoms with E-state index in [1.165, 1.54) is 0 Å². The Morgan fingerprint density at radius 2 is 2.20 bits per heavy atom. The molecule has 5 nitrogen and oxygen atoms in total. The molecule has 2 fully saturated rings. The summed E-state index contributed by atoms with van der Waals surface area (Å²) in [6, 6.07) is 0. The van der Waals surface area contributed by atoms with Crippen LogP contribution in [0.25, 0.3) is 0 Å². The van der Waals surface area contributed by atoms with Gasteiger partial charge in [-0.05, 0) is 12.8 Å². The second-order valence-electron chi connectivity index (χ2n) is 4.06. The topological polar surface area (TPSA) is 61.6 Å². The summed E-state index contributed by atoms with van der Waals surface area (Å²) in [7, 11) is 0. The third-order valence-corrected chi connectivity index (χ3v) is 3.36. The molecule has 0 aromatic rings. The van der Waals surface area contributed by atoms with Gasteiger partial charge in [0.15, 0.2) is 0 Å². The standard InChI is InChI=1S/C10H15NO4/c1-2-8-4-7-15-9-10(8,11(12)13)5-3-6-14-9/h2,8-9H,1,3-7H2/t8-,9?,10+/m0/s1. The van der Waals surface area contributed by atoms with Gasteiger partial charge in [0.2, 0.25) is 6.29 Å². The molecule has 1 unspecified atom stereocenters. The van der Waals surface area contributed by atoms with E-state index in [1.54, 1.807) is 6.08 Å². The lowest BCUT2D eigenvalue weighted by molar-refractivity contribution is -0.618. The third-order valence-electron chi connectivity index (χ3n) is 3.36. The average molecular weight is 213 g/mol. The number of nitro groups is 1. The molecule has 2 aliphatic rings. The fourth-order valence-corrected chi connectivity index (χ4v) is 2.55. The minimum Gasteiger partial charge on any atom is -0.346 e. The SMILES string of the molecule is C=C[C@H]1CCOC2OCCC[C@]21[N+](=O)[O-]. The summed E-state index contributed by atoms with van der Waals surface area (Å²) in [5, 5.41) is 11.3. The van der Waals surface area contributed by atoms with Gasteiger partial charge in [-0.1, -0.05) is 6.08 Å². The van der Waals surface area contributed by atoms with E-state index in [-0.39, 0.29) is 10.8 Å². The van der Waals surface area contributed by atoms with Crippen LogP contribution in [0.1, 0.15) is 19.3 Å². The van der Waals surface area contributed by atoms with Gasteiger partial charge in [0.05, 0.1) is 19.1 Å². The molecule has 5 heteroatoms. The van der Waals surface area contributed by atoms with Crippen LogP contribution in [0.3, 0.4) is 0 Å². The Morgan fingerprint density at radius 3 is 2.87 bits per heavy atom. The Morgan fingerprint density at radius 1 is 1.47 bits per heavy atom. The molecular formula is C10H15NO4. The van der Waals surface area contributed by atoms with Crippen LogP contribution in [0.2, 0.25) is 0 Å². The van der Waals surface area contributed by atoms with Gasteiger partial charge in [0, 0.05) is 11.3 Å². The predicted molar refractivity (Wildman–Crippen MR) is 53.0 cm³/mol. The maximum absolute atomic E-state index is 11.3. The highest BCUT2D eigenvalue weighted by Crippen LogP contribution is 2.41. The van der Waals surface area contributed by atoms with E-state index in [0.717, 1.165) is 0 Å². The first-order valence-corrected chi connectivity index (χ1v) is 5.22. The Bertz CT molecular complexity index is 279. The number of rotatable bonds is 2. The first kappa shape index (κ1) is 10.6. The van der Waals surface area contributed by atoms with Crippen molar-refractivity contribution in [3.8, 4) is 0 Å². The van der Waals surface area contributed by atoms with Crippen LogP contribution >= 0.6 is 0 Å². The summed E-state index contributed by atoms with van der Waals surface area (Å²) >= 11 is 0. The van der Waals surface area contributed by atoms with Crippen molar-refractivity contribution in [2.75, 3.05) is 13.2 Å². The average Bonchev–Trinajstić information content (AvgIpc) is 2.27. The van der Waals surface area contributed by atoms with E-state index in [9.17, 15) is 10.1 Å². The van der Waals surface area contributed by atoms with Crippen molar-refractivity contribution >= 4 is 0 Å². The Labute approximate surface area is 88.2 Å². The van der Waals surface area contributed by atoms with E-state index in [4.69, 9.17) is 9.47 Å². The highest BCUT2D eigenvalue weighted by Gasteiger charge is 2.60. The molecule has 15 heavy (non-hydrogen) atoms. The van der Waals surface area contributed by atoms with E-state index in [0.29, 0.717) is 32.5 Å². The van der Waals surface area contributed by atoms with E-state index in [1.807, 2.05) is 0 Å². The molecular weight excluding hydrogens is 198 g/mol. The molecule has 0 spiro atoms. The Balaban J connectivity index is 2.34. The molecule has 0 bridgehead atoms. The maximum Gasteiger partial charge on any atom is 0.278 e. The zero-order valence-corrected chi connectivity index (χ0v) is 8.55. The number of ether oxygens (including phenoxy) is 2. The predicted octanol–water partition coefficient (Wildman–Crippen LogP) is 1.36. The Hall–Kier alpha value is -0.940. The van der Waals surface area contributed by atoms with Crippen molar-refractivity contribution < 1.29 is 14.4 Å². The molecule has 3 atom stereocenters. The maximum atomic E-state index is 11.3. The van der Waals surface area contributed by atoms with Crippen molar-refractivity contribution in [3.63, 3.8) is 0 Å². The van der Waals surface area contributed by atoms with E-state index >= 15 is 0 Å². The summed E-state index contributed by atoms with van der Waals surface area (Å²) in [6.45, 7) is 4.74. The summed E-state index contributed by atoms with van der Waals surface area (Å²) in [4.78, 5) is 11.0. The number of hydrogen-bond acceptors (Lipinski definition) is 4. The van der Waals surface area contributed by atoms with Gasteiger partial charge in [-0.3, -0.25) is 10.1 Å². The summed E-state index contributed by atoms with van der Waals surface area (Å²) in [5.41, 5.74) is -1.10. The van der Waals surface area contributed by atoms with Gasteiger partial charge in [-0.2, -0.15) is 0 Å². The number of nitrogens with zero attached hydrogens (tertiary/aromatic N) is 1. The van der Waals surface area contributed by atoms with Crippen LogP contribution in [0.5, 0.6) is 0 Å². The molecule has 0 aromatic heterocycles. The quantitative estimate of drug-likeness (QED) is 0.395. The number of fused-ring (bicyclic) bond motifs is 1. The van der Waals surface area contributed by atoms with Crippen LogP contribution < -0.4 is 0 Å². The van der Waals surface area contributed by atoms with Crippen molar-refractivity contribution in [1.29, 1.82) is 0 Å². The summed E-state index contributed by atoms with van der Waals surface area (Å²) in [6.07, 6.45) is 2.86. The van der Waals surface area contributed by atoms with E-state index in [2.05, 4.69) is 6.58 Å². The first-order valence-electron chi connectivity index (χ1n) is 5.22. The monoisotopic (exact) mass is 213 g/mol. The van der Waals surface area contributed by atoms with Crippen LogP contribution in [0, 0.1) is 16.0 Å². The summed E-state index contributed by atoms with van der Waals surface area (Å²) in [5.74, 6) is -0.147. The smallest absolute Gasteiger partial charge is 0.278 e. The molecule has 0 aliphatic carbocycles. The van der Waals surface area contributed by atoms with Gasteiger partial charge in [-0.25, -0.2) is 0 Å². The zero-order valence-electron chi connectivity index (χ0n) is 8.55. The fraction of sp³-hybridized carbons (Fsp3) is 0.800. The van der Waals surface area contributed by atoms with Crippen molar-refractivity contribution in [1.82, 2.24) is 0 Å². The molecule has 0 saturated carbocycles. The first-order chi connectivity index (χ1) is 7.21. The molecule has 2 aliphatic heterocycles. The lowest BCUT2D eigenvalue weighted by atomic mass is 9.75. The van der Waals surface area contributed by atoms with Crippen LogP contribution in [0.4, 0.5) is 0 Å². The second kappa shape index (κ2) is 3.90. The number of hydrogen-bond donors (Lipinski definition) is 0. The van der Waals surface area contributed by atoms with Crippen LogP contribution in [-0.2, 0) is 9.47 Å². The molecule has 0 aromatic carbocycles. The van der Waals surface area contributed by atoms with Gasteiger partial charge in [0.1, 0.15) is 0 Å². The highest BCUT2D eigenvalue weighted by molar-refractivity contribution is 5.02. The summed E-state index contributed by atoms with van der Waals surface area (Å²) < 4.78 is 10.7. The van der Waals surface area contributed by atoms with Gasteiger partial charge >= 0.3 is 0 Å². The molecule has 84 valence electrons. The third kappa shape index (κ3) is 1.46. The minimum absolute atomic E-state index is 0.147. The van der Waals surface area contributed by atoms with Crippen molar-refractivity contribution in [2.24, 2.45) is 5.92 Å². The normalized spacial score (nSPS) is 40.5. The lowest BCUT2D eigenvalue weighted by Crippen LogP contribution is -2.61. The molecule has 2 heterocycles. The largest absolute Gasteiger partial charge is 0.346 e. The van der Waals surface area contributed by atoms with Crippen molar-refractivity contribution in [2.45, 2.75) is 31.1 Å². The Kier molecular flexibility index (Phi) is 2.75. The van der Waals surface area contributed by atoms with E-state index < -0.39 is 11.8 Å². The highest BCUT2D eigenvalue weighted by atomic mass is 16.7. The zero-order chi connectivity index (χ0) is 10.9. The van der Waals surface area contributed by atoms with Crippen molar-refractivity contribution in [3.05, 3.63) is 22.8 Å². The second-order valence-corrected chi connectivity index (χ2v) is 4.06. The van der Waals surface area contributed by atoms with Crippen LogP contribution in [-0.4, -0.2) is 30.0 Å². The minimum atomic E-state index is -1.10. The fourth-order valence-electron chi connectivity index (χ4n) is 2.55. The molecule has 2 rings (SSSR count). The molecule has 0 N–H and O–H groups in total. The van der Waals surface area contributed by atoms with Gasteiger partial charge in [0.25, 0.3) is 5.54 Å². The molecule has 0 amide bonds.